The van der Waals surface area contributed by atoms with Crippen molar-refractivity contribution in [1.29, 1.82) is 0 Å². The maximum atomic E-state index is 13.5. The van der Waals surface area contributed by atoms with Crippen molar-refractivity contribution in [1.82, 2.24) is 14.7 Å². The summed E-state index contributed by atoms with van der Waals surface area (Å²) in [6.07, 6.45) is 1.77. The molecule has 1 aliphatic rings. The molecule has 7 heteroatoms. The summed E-state index contributed by atoms with van der Waals surface area (Å²) in [7, 11) is 1.62. The van der Waals surface area contributed by atoms with Crippen molar-refractivity contribution >= 4 is 17.3 Å². The summed E-state index contributed by atoms with van der Waals surface area (Å²) in [6.45, 7) is 7.48. The Hall–Kier alpha value is -4.10. The first-order valence-corrected chi connectivity index (χ1v) is 12.3. The lowest BCUT2D eigenvalue weighted by molar-refractivity contribution is 0.102. The minimum atomic E-state index is -0.220. The number of aromatic nitrogens is 2. The topological polar surface area (TPSA) is 62.6 Å². The fourth-order valence-corrected chi connectivity index (χ4v) is 4.57. The number of piperazine rings is 1. The van der Waals surface area contributed by atoms with Crippen LogP contribution in [0.5, 0.6) is 5.75 Å². The number of nitrogens with one attached hydrogen (secondary N) is 1. The van der Waals surface area contributed by atoms with Crippen LogP contribution < -0.4 is 15.0 Å². The summed E-state index contributed by atoms with van der Waals surface area (Å²) in [6, 6.07) is 25.4. The van der Waals surface area contributed by atoms with E-state index in [9.17, 15) is 4.79 Å². The van der Waals surface area contributed by atoms with Gasteiger partial charge >= 0.3 is 0 Å². The Morgan fingerprint density at radius 1 is 0.889 bits per heavy atom. The van der Waals surface area contributed by atoms with Gasteiger partial charge in [0, 0.05) is 49.3 Å². The van der Waals surface area contributed by atoms with Crippen molar-refractivity contribution in [2.45, 2.75) is 6.92 Å². The number of likely N-dealkylation sites (N-methyl/N-ethyl adjacent to an activating group) is 1. The molecule has 0 atom stereocenters. The molecule has 4 aromatic rings. The van der Waals surface area contributed by atoms with Crippen molar-refractivity contribution in [3.8, 4) is 22.7 Å². The number of ether oxygens (including phenoxy) is 1. The molecule has 7 nitrogen and oxygen atoms in total. The van der Waals surface area contributed by atoms with E-state index in [2.05, 4.69) is 34.2 Å². The number of amides is 1. The lowest BCUT2D eigenvalue weighted by atomic mass is 10.1. The molecule has 184 valence electrons. The molecule has 1 saturated heterocycles. The third-order valence-corrected chi connectivity index (χ3v) is 6.65. The van der Waals surface area contributed by atoms with E-state index in [1.54, 1.807) is 18.0 Å². The molecule has 0 bridgehead atoms. The highest BCUT2D eigenvalue weighted by atomic mass is 16.5. The van der Waals surface area contributed by atoms with E-state index < -0.39 is 0 Å². The van der Waals surface area contributed by atoms with Crippen LogP contribution in [-0.2, 0) is 0 Å². The van der Waals surface area contributed by atoms with Gasteiger partial charge in [-0.05, 0) is 55.1 Å². The van der Waals surface area contributed by atoms with Crippen molar-refractivity contribution < 1.29 is 9.53 Å². The smallest absolute Gasteiger partial charge is 0.259 e. The second-order valence-electron chi connectivity index (χ2n) is 8.79. The lowest BCUT2D eigenvalue weighted by Crippen LogP contribution is -2.46. The van der Waals surface area contributed by atoms with Gasteiger partial charge in [0.1, 0.15) is 11.4 Å². The zero-order valence-electron chi connectivity index (χ0n) is 20.7. The quantitative estimate of drug-likeness (QED) is 0.405. The minimum absolute atomic E-state index is 0.220. The van der Waals surface area contributed by atoms with E-state index >= 15 is 0 Å². The maximum Gasteiger partial charge on any atom is 0.259 e. The average molecular weight is 482 g/mol. The van der Waals surface area contributed by atoms with Crippen LogP contribution in [0.15, 0.2) is 85.1 Å². The van der Waals surface area contributed by atoms with Gasteiger partial charge in [-0.15, -0.1) is 0 Å². The summed E-state index contributed by atoms with van der Waals surface area (Å²) in [5.41, 5.74) is 4.61. The van der Waals surface area contributed by atoms with Gasteiger partial charge in [-0.2, -0.15) is 5.10 Å². The van der Waals surface area contributed by atoms with Crippen LogP contribution >= 0.6 is 0 Å². The Kier molecular flexibility index (Phi) is 7.00. The second-order valence-corrected chi connectivity index (χ2v) is 8.79. The van der Waals surface area contributed by atoms with E-state index in [4.69, 9.17) is 9.84 Å². The Morgan fingerprint density at radius 3 is 2.28 bits per heavy atom. The molecule has 0 radical (unpaired) electrons. The Balaban J connectivity index is 1.40. The molecule has 2 heterocycles. The van der Waals surface area contributed by atoms with Crippen LogP contribution in [0, 0.1) is 0 Å². The van der Waals surface area contributed by atoms with Crippen LogP contribution in [-0.4, -0.2) is 60.4 Å². The van der Waals surface area contributed by atoms with Crippen LogP contribution in [0.2, 0.25) is 0 Å². The van der Waals surface area contributed by atoms with Gasteiger partial charge in [-0.25, -0.2) is 4.68 Å². The number of carbonyl (C=O) groups excluding carboxylic acids is 1. The average Bonchev–Trinajstić information content (AvgIpc) is 3.40. The highest BCUT2D eigenvalue weighted by molar-refractivity contribution is 6.08. The van der Waals surface area contributed by atoms with Gasteiger partial charge in [0.15, 0.2) is 0 Å². The Bertz CT molecular complexity index is 1310. The number of para-hydroxylation sites is 2. The van der Waals surface area contributed by atoms with Gasteiger partial charge in [-0.3, -0.25) is 4.79 Å². The fraction of sp³-hybridized carbons (Fsp3) is 0.241. The highest BCUT2D eigenvalue weighted by Gasteiger charge is 2.22. The Labute approximate surface area is 211 Å². The zero-order valence-corrected chi connectivity index (χ0v) is 20.7. The largest absolute Gasteiger partial charge is 0.496 e. The summed E-state index contributed by atoms with van der Waals surface area (Å²) < 4.78 is 7.30. The predicted molar refractivity (Wildman–Crippen MR) is 144 cm³/mol. The molecule has 1 aliphatic heterocycles. The van der Waals surface area contributed by atoms with Crippen LogP contribution in [0.3, 0.4) is 0 Å². The number of hydrogen-bond donors (Lipinski definition) is 1. The van der Waals surface area contributed by atoms with Gasteiger partial charge in [0.2, 0.25) is 0 Å². The Morgan fingerprint density at radius 2 is 1.58 bits per heavy atom. The number of benzene rings is 3. The third kappa shape index (κ3) is 4.97. The molecule has 0 aliphatic carbocycles. The van der Waals surface area contributed by atoms with E-state index in [-0.39, 0.29) is 5.91 Å². The van der Waals surface area contributed by atoms with E-state index in [1.807, 2.05) is 66.7 Å². The van der Waals surface area contributed by atoms with E-state index in [0.717, 1.165) is 49.7 Å². The number of methoxy groups -OCH3 is 1. The summed E-state index contributed by atoms with van der Waals surface area (Å²) >= 11 is 0. The monoisotopic (exact) mass is 481 g/mol. The number of rotatable bonds is 7. The van der Waals surface area contributed by atoms with Gasteiger partial charge < -0.3 is 19.9 Å². The third-order valence-electron chi connectivity index (χ3n) is 6.65. The molecule has 1 N–H and O–H groups in total. The van der Waals surface area contributed by atoms with Crippen LogP contribution in [0.1, 0.15) is 17.3 Å². The SMILES string of the molecule is CCN1CCN(c2ccc(NC(=O)c3cn(-c4ccccc4)nc3-c3ccccc3OC)cc2)CC1. The molecule has 36 heavy (non-hydrogen) atoms. The van der Waals surface area contributed by atoms with Crippen molar-refractivity contribution in [3.63, 3.8) is 0 Å². The van der Waals surface area contributed by atoms with Gasteiger partial charge in [-0.1, -0.05) is 37.3 Å². The molecule has 1 aromatic heterocycles. The fourth-order valence-electron chi connectivity index (χ4n) is 4.57. The van der Waals surface area contributed by atoms with Crippen molar-refractivity contribution in [2.24, 2.45) is 0 Å². The number of carbonyl (C=O) groups is 1. The molecule has 1 fully saturated rings. The molecule has 0 unspecified atom stereocenters. The molecule has 0 saturated carbocycles. The number of anilines is 2. The van der Waals surface area contributed by atoms with Gasteiger partial charge in [0.05, 0.1) is 18.4 Å². The lowest BCUT2D eigenvalue weighted by Gasteiger charge is -2.35. The molecule has 3 aromatic carbocycles. The predicted octanol–water partition coefficient (Wildman–Crippen LogP) is 4.94. The molecule has 5 rings (SSSR count). The zero-order chi connectivity index (χ0) is 24.9. The highest BCUT2D eigenvalue weighted by Crippen LogP contribution is 2.32. The maximum absolute atomic E-state index is 13.5. The molecular weight excluding hydrogens is 450 g/mol. The number of hydrogen-bond acceptors (Lipinski definition) is 5. The summed E-state index contributed by atoms with van der Waals surface area (Å²) in [4.78, 5) is 18.3. The molecule has 1 amide bonds. The van der Waals surface area contributed by atoms with Gasteiger partial charge in [0.25, 0.3) is 5.91 Å². The first kappa shape index (κ1) is 23.6. The van der Waals surface area contributed by atoms with E-state index in [1.165, 1.54) is 5.69 Å². The second kappa shape index (κ2) is 10.7. The normalized spacial score (nSPS) is 14.0. The number of nitrogens with zero attached hydrogens (tertiary/aromatic N) is 4. The summed E-state index contributed by atoms with van der Waals surface area (Å²) in [5.74, 6) is 0.444. The van der Waals surface area contributed by atoms with Crippen molar-refractivity contribution in [3.05, 3.63) is 90.6 Å². The van der Waals surface area contributed by atoms with Crippen LogP contribution in [0.4, 0.5) is 11.4 Å². The first-order chi connectivity index (χ1) is 17.7. The van der Waals surface area contributed by atoms with Crippen LogP contribution in [0.25, 0.3) is 16.9 Å². The molecular formula is C29H31N5O2. The minimum Gasteiger partial charge on any atom is -0.496 e. The van der Waals surface area contributed by atoms with E-state index in [0.29, 0.717) is 17.0 Å². The standard InChI is InChI=1S/C29H31N5O2/c1-3-32-17-19-33(20-18-32)23-15-13-22(14-16-23)30-29(35)26-21-34(24-9-5-4-6-10-24)31-28(26)25-11-7-8-12-27(25)36-2/h4-16,21H,3,17-20H2,1-2H3,(H,30,35). The molecule has 0 spiro atoms. The van der Waals surface area contributed by atoms with Crippen molar-refractivity contribution in [2.75, 3.05) is 50.1 Å². The summed E-state index contributed by atoms with van der Waals surface area (Å²) in [5, 5.41) is 7.83. The first-order valence-electron chi connectivity index (χ1n) is 12.3.